The van der Waals surface area contributed by atoms with Crippen LogP contribution in [0.15, 0.2) is 71.5 Å². The summed E-state index contributed by atoms with van der Waals surface area (Å²) in [6, 6.07) is 17.7. The molecule has 156 valence electrons. The third-order valence-corrected chi connectivity index (χ3v) is 5.85. The van der Waals surface area contributed by atoms with Gasteiger partial charge in [0.25, 0.3) is 11.1 Å². The Labute approximate surface area is 182 Å². The Hall–Kier alpha value is -3.65. The van der Waals surface area contributed by atoms with E-state index in [-0.39, 0.29) is 18.6 Å². The smallest absolute Gasteiger partial charge is 0.279 e. The average molecular weight is 433 g/mol. The average Bonchev–Trinajstić information content (AvgIpc) is 3.50. The van der Waals surface area contributed by atoms with Crippen LogP contribution >= 0.6 is 11.3 Å². The van der Waals surface area contributed by atoms with E-state index < -0.39 is 0 Å². The van der Waals surface area contributed by atoms with E-state index in [1.165, 1.54) is 29.3 Å². The predicted octanol–water partition coefficient (Wildman–Crippen LogP) is 4.92. The third-order valence-electron chi connectivity index (χ3n) is 4.98. The molecule has 1 amide bonds. The number of carbonyl (C=O) groups is 1. The molecule has 8 heteroatoms. The fourth-order valence-corrected chi connectivity index (χ4v) is 4.13. The lowest BCUT2D eigenvalue weighted by Gasteiger charge is -2.26. The van der Waals surface area contributed by atoms with Gasteiger partial charge in [0.05, 0.1) is 18.9 Å². The van der Waals surface area contributed by atoms with Crippen LogP contribution in [0.25, 0.3) is 0 Å². The van der Waals surface area contributed by atoms with E-state index in [2.05, 4.69) is 27.6 Å². The maximum absolute atomic E-state index is 12.3. The molecule has 1 N–H and O–H groups in total. The van der Waals surface area contributed by atoms with Gasteiger partial charge in [0.15, 0.2) is 5.76 Å². The van der Waals surface area contributed by atoms with Crippen molar-refractivity contribution < 1.29 is 18.8 Å². The molecule has 1 aliphatic heterocycles. The normalized spacial score (nSPS) is 15.0. The van der Waals surface area contributed by atoms with Crippen LogP contribution in [0.2, 0.25) is 0 Å². The summed E-state index contributed by atoms with van der Waals surface area (Å²) in [5.74, 6) is 1.89. The second-order valence-electron chi connectivity index (χ2n) is 7.08. The van der Waals surface area contributed by atoms with E-state index in [1.54, 1.807) is 6.07 Å². The fourth-order valence-electron chi connectivity index (χ4n) is 3.43. The highest BCUT2D eigenvalue weighted by Crippen LogP contribution is 2.38. The summed E-state index contributed by atoms with van der Waals surface area (Å²) in [6.45, 7) is 0.266. The number of rotatable bonds is 6. The molecule has 0 aliphatic carbocycles. The van der Waals surface area contributed by atoms with E-state index in [0.717, 1.165) is 24.2 Å². The Morgan fingerprint density at radius 2 is 2.10 bits per heavy atom. The maximum atomic E-state index is 12.3. The van der Waals surface area contributed by atoms with Crippen molar-refractivity contribution >= 4 is 17.2 Å². The van der Waals surface area contributed by atoms with Crippen LogP contribution in [0.1, 0.15) is 39.1 Å². The fraction of sp³-hybridized carbons (Fsp3) is 0.174. The zero-order valence-electron chi connectivity index (χ0n) is 16.5. The first-order chi connectivity index (χ1) is 15.2. The van der Waals surface area contributed by atoms with Crippen molar-refractivity contribution in [3.05, 3.63) is 88.8 Å². The minimum atomic E-state index is -0.241. The zero-order chi connectivity index (χ0) is 21.0. The van der Waals surface area contributed by atoms with Crippen LogP contribution in [0.5, 0.6) is 16.7 Å². The number of aromatic nitrogens is 2. The second kappa shape index (κ2) is 8.61. The van der Waals surface area contributed by atoms with Crippen molar-refractivity contribution in [2.45, 2.75) is 25.5 Å². The van der Waals surface area contributed by atoms with Gasteiger partial charge in [0.2, 0.25) is 0 Å². The molecular formula is C23H19N3O4S. The summed E-state index contributed by atoms with van der Waals surface area (Å²) in [4.78, 5) is 16.9. The van der Waals surface area contributed by atoms with Gasteiger partial charge in [-0.25, -0.2) is 4.98 Å². The lowest BCUT2D eigenvalue weighted by molar-refractivity contribution is 0.0951. The molecule has 0 spiro atoms. The first-order valence-corrected chi connectivity index (χ1v) is 10.7. The predicted molar refractivity (Wildman–Crippen MR) is 114 cm³/mol. The van der Waals surface area contributed by atoms with Crippen molar-refractivity contribution in [3.63, 3.8) is 0 Å². The van der Waals surface area contributed by atoms with Gasteiger partial charge in [-0.05, 0) is 42.2 Å². The van der Waals surface area contributed by atoms with Gasteiger partial charge in [-0.1, -0.05) is 46.8 Å². The second-order valence-corrected chi connectivity index (χ2v) is 8.07. The van der Waals surface area contributed by atoms with Crippen molar-refractivity contribution in [2.75, 3.05) is 0 Å². The summed E-state index contributed by atoms with van der Waals surface area (Å²) in [7, 11) is 0. The molecule has 0 saturated carbocycles. The van der Waals surface area contributed by atoms with Gasteiger partial charge in [0.1, 0.15) is 22.5 Å². The van der Waals surface area contributed by atoms with E-state index in [4.69, 9.17) is 14.0 Å². The lowest BCUT2D eigenvalue weighted by atomic mass is 9.97. The van der Waals surface area contributed by atoms with Crippen LogP contribution in [0.3, 0.4) is 0 Å². The Bertz CT molecular complexity index is 1170. The van der Waals surface area contributed by atoms with E-state index in [9.17, 15) is 4.79 Å². The number of aryl methyl sites for hydroxylation is 1. The monoisotopic (exact) mass is 433 g/mol. The number of hydrogen-bond acceptors (Lipinski definition) is 7. The van der Waals surface area contributed by atoms with Crippen molar-refractivity contribution in [1.82, 2.24) is 15.5 Å². The number of fused-ring (bicyclic) bond motifs is 1. The zero-order valence-corrected chi connectivity index (χ0v) is 17.3. The summed E-state index contributed by atoms with van der Waals surface area (Å²) < 4.78 is 17.0. The van der Waals surface area contributed by atoms with Gasteiger partial charge in [-0.2, -0.15) is 0 Å². The van der Waals surface area contributed by atoms with Crippen LogP contribution in [-0.4, -0.2) is 16.0 Å². The number of carbonyl (C=O) groups excluding carboxylic acids is 1. The summed E-state index contributed by atoms with van der Waals surface area (Å²) in [6.07, 6.45) is 4.91. The molecule has 0 radical (unpaired) electrons. The van der Waals surface area contributed by atoms with Crippen molar-refractivity contribution in [1.29, 1.82) is 0 Å². The molecule has 3 heterocycles. The number of nitrogens with one attached hydrogen (secondary N) is 1. The molecule has 1 atom stereocenters. The molecule has 7 nitrogen and oxygen atoms in total. The molecule has 0 saturated heterocycles. The molecule has 2 aromatic carbocycles. The van der Waals surface area contributed by atoms with Gasteiger partial charge >= 0.3 is 0 Å². The first kappa shape index (κ1) is 19.3. The standard InChI is InChI=1S/C23H19N3O4S/c27-22(24-13-18-10-11-26-30-18)21-14-25-23(31-21)28-17-7-9-20-16(12-17)6-8-19(29-20)15-4-2-1-3-5-15/h1-5,7,9-12,14,19H,6,8,13H2,(H,24,27)/t19-/m0/s1. The van der Waals surface area contributed by atoms with Crippen LogP contribution in [0, 0.1) is 0 Å². The molecule has 31 heavy (non-hydrogen) atoms. The van der Waals surface area contributed by atoms with Gasteiger partial charge in [-0.15, -0.1) is 0 Å². The van der Waals surface area contributed by atoms with Crippen molar-refractivity contribution in [3.8, 4) is 16.7 Å². The molecule has 1 aliphatic rings. The summed E-state index contributed by atoms with van der Waals surface area (Å²) >= 11 is 1.19. The highest BCUT2D eigenvalue weighted by atomic mass is 32.1. The number of amides is 1. The quantitative estimate of drug-likeness (QED) is 0.464. The van der Waals surface area contributed by atoms with Crippen LogP contribution in [0.4, 0.5) is 0 Å². The lowest BCUT2D eigenvalue weighted by Crippen LogP contribution is -2.21. The largest absolute Gasteiger partial charge is 0.485 e. The van der Waals surface area contributed by atoms with Gasteiger partial charge < -0.3 is 19.3 Å². The first-order valence-electron chi connectivity index (χ1n) is 9.90. The number of thiazole rings is 1. The third kappa shape index (κ3) is 4.44. The minimum absolute atomic E-state index is 0.0671. The molecular weight excluding hydrogens is 414 g/mol. The number of nitrogens with zero attached hydrogens (tertiary/aromatic N) is 2. The minimum Gasteiger partial charge on any atom is -0.485 e. The number of hydrogen-bond donors (Lipinski definition) is 1. The molecule has 5 rings (SSSR count). The van der Waals surface area contributed by atoms with Crippen molar-refractivity contribution in [2.24, 2.45) is 0 Å². The highest BCUT2D eigenvalue weighted by molar-refractivity contribution is 7.15. The maximum Gasteiger partial charge on any atom is 0.279 e. The molecule has 0 unspecified atom stereocenters. The van der Waals surface area contributed by atoms with Gasteiger partial charge in [-0.3, -0.25) is 4.79 Å². The number of benzene rings is 2. The Morgan fingerprint density at radius 1 is 1.19 bits per heavy atom. The van der Waals surface area contributed by atoms with Crippen LogP contribution < -0.4 is 14.8 Å². The SMILES string of the molecule is O=C(NCc1ccno1)c1cnc(Oc2ccc3c(c2)CC[C@@H](c2ccccc2)O3)s1. The topological polar surface area (TPSA) is 86.5 Å². The van der Waals surface area contributed by atoms with Gasteiger partial charge in [0, 0.05) is 6.07 Å². The molecule has 4 aromatic rings. The Balaban J connectivity index is 1.22. The van der Waals surface area contributed by atoms with E-state index in [1.807, 2.05) is 36.4 Å². The summed E-state index contributed by atoms with van der Waals surface area (Å²) in [5.41, 5.74) is 2.29. The number of ether oxygens (including phenoxy) is 2. The Morgan fingerprint density at radius 3 is 2.94 bits per heavy atom. The molecule has 0 bridgehead atoms. The Kier molecular flexibility index (Phi) is 5.37. The van der Waals surface area contributed by atoms with Crippen LogP contribution in [-0.2, 0) is 13.0 Å². The van der Waals surface area contributed by atoms with E-state index in [0.29, 0.717) is 21.6 Å². The highest BCUT2D eigenvalue weighted by Gasteiger charge is 2.22. The van der Waals surface area contributed by atoms with E-state index >= 15 is 0 Å². The summed E-state index contributed by atoms with van der Waals surface area (Å²) in [5, 5.41) is 6.78. The molecule has 2 aromatic heterocycles. The molecule has 0 fully saturated rings.